The molecule has 0 fully saturated rings. The molecule has 0 N–H and O–H groups in total. The second-order valence-electron chi connectivity index (χ2n) is 8.99. The van der Waals surface area contributed by atoms with Crippen molar-refractivity contribution >= 4 is 54.3 Å². The van der Waals surface area contributed by atoms with Gasteiger partial charge in [0.05, 0.1) is 19.2 Å². The predicted molar refractivity (Wildman–Crippen MR) is 161 cm³/mol. The molecule has 0 radical (unpaired) electrons. The van der Waals surface area contributed by atoms with Gasteiger partial charge in [-0.2, -0.15) is 0 Å². The Balaban J connectivity index is 1.66. The van der Waals surface area contributed by atoms with Crippen LogP contribution < -0.4 is 0 Å². The van der Waals surface area contributed by atoms with Crippen molar-refractivity contribution in [3.05, 3.63) is 144 Å². The van der Waals surface area contributed by atoms with E-state index in [1.165, 1.54) is 6.07 Å². The van der Waals surface area contributed by atoms with Gasteiger partial charge >= 0.3 is 0 Å². The first kappa shape index (κ1) is 11.7. The van der Waals surface area contributed by atoms with Crippen LogP contribution in [0, 0.1) is 0 Å². The zero-order chi connectivity index (χ0) is 37.2. The largest absolute Gasteiger partial charge is 0.456 e. The first-order valence-corrected chi connectivity index (χ1v) is 12.0. The minimum absolute atomic E-state index is 0.00361. The Kier molecular flexibility index (Phi) is 2.56. The summed E-state index contributed by atoms with van der Waals surface area (Å²) in [5.41, 5.74) is 1.52. The summed E-state index contributed by atoms with van der Waals surface area (Å²) < 4.78 is 129. The van der Waals surface area contributed by atoms with E-state index in [-0.39, 0.29) is 55.1 Å². The molecule has 0 amide bonds. The third-order valence-corrected chi connectivity index (χ3v) is 6.98. The standard InChI is InChI=1S/C37H24O/c1-2-14-26-24(11-1)12-9-13-25(26)23-33-27-15-3-5-17-29(27)36(30-18-6-4-16-28(30)33)32-20-10-22-35-37(32)31-19-7-8-21-34(31)38-35/h1-22H,23H2/i1D,2D,3D,4D,5D,6D,9D,11D,12D,13D,15D,16D,17D,18D. The van der Waals surface area contributed by atoms with Gasteiger partial charge in [-0.25, -0.2) is 0 Å². The lowest BCUT2D eigenvalue weighted by Crippen LogP contribution is -1.96. The molecule has 7 aromatic carbocycles. The number of hydrogen-bond acceptors (Lipinski definition) is 1. The normalized spacial score (nSPS) is 16.9. The smallest absolute Gasteiger partial charge is 0.136 e. The van der Waals surface area contributed by atoms with Gasteiger partial charge in [-0.05, 0) is 73.1 Å². The van der Waals surface area contributed by atoms with Crippen molar-refractivity contribution in [1.29, 1.82) is 0 Å². The number of rotatable bonds is 3. The van der Waals surface area contributed by atoms with Gasteiger partial charge in [0.15, 0.2) is 0 Å². The predicted octanol–water partition coefficient (Wildman–Crippen LogP) is 10.3. The van der Waals surface area contributed by atoms with Gasteiger partial charge in [0, 0.05) is 10.8 Å². The molecule has 0 aliphatic carbocycles. The molecule has 0 aliphatic rings. The van der Waals surface area contributed by atoms with Crippen LogP contribution in [0.4, 0.5) is 0 Å². The van der Waals surface area contributed by atoms with Gasteiger partial charge in [-0.15, -0.1) is 0 Å². The molecule has 178 valence electrons. The van der Waals surface area contributed by atoms with Gasteiger partial charge in [0.25, 0.3) is 0 Å². The summed E-state index contributed by atoms with van der Waals surface area (Å²) in [7, 11) is 0. The highest BCUT2D eigenvalue weighted by atomic mass is 16.3. The third kappa shape index (κ3) is 3.12. The van der Waals surface area contributed by atoms with Crippen molar-refractivity contribution in [2.75, 3.05) is 0 Å². The van der Waals surface area contributed by atoms with E-state index in [0.29, 0.717) is 27.5 Å². The fourth-order valence-electron chi connectivity index (χ4n) is 5.37. The van der Waals surface area contributed by atoms with E-state index in [1.54, 1.807) is 30.3 Å². The van der Waals surface area contributed by atoms with Crippen LogP contribution in [0.15, 0.2) is 138 Å². The Morgan fingerprint density at radius 2 is 1.21 bits per heavy atom. The molecule has 0 saturated carbocycles. The molecular formula is C37H24O. The third-order valence-electron chi connectivity index (χ3n) is 6.98. The lowest BCUT2D eigenvalue weighted by molar-refractivity contribution is 0.669. The van der Waals surface area contributed by atoms with Crippen molar-refractivity contribution in [3.63, 3.8) is 0 Å². The molecule has 8 rings (SSSR count). The van der Waals surface area contributed by atoms with Gasteiger partial charge in [-0.1, -0.05) is 121 Å². The number of furan rings is 1. The zero-order valence-corrected chi connectivity index (χ0v) is 19.7. The van der Waals surface area contributed by atoms with E-state index in [1.807, 2.05) is 12.1 Å². The molecule has 0 bridgehead atoms. The molecule has 0 saturated heterocycles. The van der Waals surface area contributed by atoms with Gasteiger partial charge in [-0.3, -0.25) is 0 Å². The summed E-state index contributed by atoms with van der Waals surface area (Å²) in [4.78, 5) is 0. The van der Waals surface area contributed by atoms with Crippen LogP contribution in [0.5, 0.6) is 0 Å². The summed E-state index contributed by atoms with van der Waals surface area (Å²) >= 11 is 0. The number of fused-ring (bicyclic) bond motifs is 6. The van der Waals surface area contributed by atoms with Crippen LogP contribution in [-0.2, 0) is 6.42 Å². The maximum absolute atomic E-state index is 9.27. The molecule has 38 heavy (non-hydrogen) atoms. The quantitative estimate of drug-likeness (QED) is 0.221. The SMILES string of the molecule is [2H]c1cc2c(Cc3c4c([2H])c([2H])c([2H])c([2H])c4c(-c4cccc5oc6ccccc6c45)c4c([2H])c([2H])c([2H])c([2H])c34)c([2H])c([2H])c([2H])c2c([2H])c1[2H]. The van der Waals surface area contributed by atoms with Crippen LogP contribution in [0.2, 0.25) is 0 Å². The Labute approximate surface area is 240 Å². The van der Waals surface area contributed by atoms with Crippen LogP contribution in [0.25, 0.3) is 65.4 Å². The fourth-order valence-corrected chi connectivity index (χ4v) is 5.37. The number of benzene rings is 7. The molecule has 1 heterocycles. The highest BCUT2D eigenvalue weighted by Crippen LogP contribution is 2.44. The van der Waals surface area contributed by atoms with Crippen molar-refractivity contribution in [2.45, 2.75) is 6.42 Å². The molecule has 0 atom stereocenters. The van der Waals surface area contributed by atoms with Crippen molar-refractivity contribution in [1.82, 2.24) is 0 Å². The molecule has 0 spiro atoms. The molecule has 1 heteroatoms. The van der Waals surface area contributed by atoms with E-state index >= 15 is 0 Å². The van der Waals surface area contributed by atoms with E-state index in [0.717, 1.165) is 0 Å². The van der Waals surface area contributed by atoms with Crippen LogP contribution in [0.3, 0.4) is 0 Å². The monoisotopic (exact) mass is 498 g/mol. The molecule has 0 unspecified atom stereocenters. The summed E-state index contributed by atoms with van der Waals surface area (Å²) in [6.07, 6.45) is -0.436. The Morgan fingerprint density at radius 3 is 2.03 bits per heavy atom. The summed E-state index contributed by atoms with van der Waals surface area (Å²) in [6, 6.07) is 6.42. The maximum atomic E-state index is 9.27. The Morgan fingerprint density at radius 1 is 0.526 bits per heavy atom. The van der Waals surface area contributed by atoms with E-state index in [2.05, 4.69) is 0 Å². The van der Waals surface area contributed by atoms with Crippen LogP contribution >= 0.6 is 0 Å². The van der Waals surface area contributed by atoms with Gasteiger partial charge < -0.3 is 4.42 Å². The van der Waals surface area contributed by atoms with E-state index < -0.39 is 85.0 Å². The highest BCUT2D eigenvalue weighted by molar-refractivity contribution is 6.22. The molecular weight excluding hydrogens is 460 g/mol. The van der Waals surface area contributed by atoms with Crippen LogP contribution in [-0.4, -0.2) is 0 Å². The van der Waals surface area contributed by atoms with E-state index in [4.69, 9.17) is 18.1 Å². The van der Waals surface area contributed by atoms with Gasteiger partial charge in [0.2, 0.25) is 0 Å². The van der Waals surface area contributed by atoms with Crippen LogP contribution in [0.1, 0.15) is 30.3 Å². The first-order valence-electron chi connectivity index (χ1n) is 19.0. The average Bonchev–Trinajstić information content (AvgIpc) is 3.52. The van der Waals surface area contributed by atoms with E-state index in [9.17, 15) is 5.48 Å². The summed E-state index contributed by atoms with van der Waals surface area (Å²) in [5, 5.41) is 0.906. The van der Waals surface area contributed by atoms with Crippen molar-refractivity contribution in [2.24, 2.45) is 0 Å². The summed E-state index contributed by atoms with van der Waals surface area (Å²) in [6.45, 7) is 0. The van der Waals surface area contributed by atoms with Crippen molar-refractivity contribution < 1.29 is 23.6 Å². The zero-order valence-electron chi connectivity index (χ0n) is 33.7. The first-order chi connectivity index (χ1) is 24.7. The number of para-hydroxylation sites is 1. The van der Waals surface area contributed by atoms with Crippen molar-refractivity contribution in [3.8, 4) is 11.1 Å². The molecule has 0 aliphatic heterocycles. The minimum Gasteiger partial charge on any atom is -0.456 e. The maximum Gasteiger partial charge on any atom is 0.136 e. The number of hydrogen-bond donors (Lipinski definition) is 0. The lowest BCUT2D eigenvalue weighted by atomic mass is 9.85. The average molecular weight is 499 g/mol. The lowest BCUT2D eigenvalue weighted by Gasteiger charge is -2.18. The topological polar surface area (TPSA) is 13.1 Å². The van der Waals surface area contributed by atoms with Gasteiger partial charge in [0.1, 0.15) is 11.2 Å². The Hall–Kier alpha value is -4.88. The second-order valence-corrected chi connectivity index (χ2v) is 8.99. The highest BCUT2D eigenvalue weighted by Gasteiger charge is 2.19. The Bertz CT molecular complexity index is 2840. The summed E-state index contributed by atoms with van der Waals surface area (Å²) in [5.74, 6) is 0. The molecule has 1 nitrogen and oxygen atoms in total. The minimum atomic E-state index is -0.601. The molecule has 8 aromatic rings. The fraction of sp³-hybridized carbons (Fsp3) is 0.0270. The molecule has 1 aromatic heterocycles. The second kappa shape index (κ2) is 8.33.